The van der Waals surface area contributed by atoms with Crippen molar-refractivity contribution < 1.29 is 9.47 Å². The first-order chi connectivity index (χ1) is 7.45. The Labute approximate surface area is 99.3 Å². The van der Waals surface area contributed by atoms with Gasteiger partial charge in [-0.2, -0.15) is 0 Å². The summed E-state index contributed by atoms with van der Waals surface area (Å²) in [5.74, 6) is 0. The zero-order chi connectivity index (χ0) is 12.2. The van der Waals surface area contributed by atoms with E-state index >= 15 is 0 Å². The van der Waals surface area contributed by atoms with Gasteiger partial charge in [-0.25, -0.2) is 0 Å². The highest BCUT2D eigenvalue weighted by atomic mass is 16.5. The van der Waals surface area contributed by atoms with Crippen LogP contribution < -0.4 is 0 Å². The molecule has 2 nitrogen and oxygen atoms in total. The molecule has 0 amide bonds. The molecule has 1 aliphatic carbocycles. The molecule has 0 heterocycles. The first kappa shape index (κ1) is 13.1. The van der Waals surface area contributed by atoms with Crippen LogP contribution in [0.25, 0.3) is 0 Å². The van der Waals surface area contributed by atoms with Gasteiger partial charge >= 0.3 is 0 Å². The first-order valence-corrected chi connectivity index (χ1v) is 6.00. The Balaban J connectivity index is 2.70. The molecular formula is C14H24O2. The van der Waals surface area contributed by atoms with Gasteiger partial charge in [-0.15, -0.1) is 0 Å². The van der Waals surface area contributed by atoms with Gasteiger partial charge < -0.3 is 9.47 Å². The van der Waals surface area contributed by atoms with E-state index < -0.39 is 0 Å². The molecule has 0 aromatic carbocycles. The molecular weight excluding hydrogens is 200 g/mol. The van der Waals surface area contributed by atoms with Crippen molar-refractivity contribution in [2.24, 2.45) is 5.41 Å². The summed E-state index contributed by atoms with van der Waals surface area (Å²) in [7, 11) is 0. The second kappa shape index (κ2) is 4.94. The van der Waals surface area contributed by atoms with Gasteiger partial charge in [0.05, 0.1) is 18.6 Å². The molecule has 1 rings (SSSR count). The number of rotatable bonds is 4. The number of hydrogen-bond acceptors (Lipinski definition) is 2. The molecule has 2 heteroatoms. The maximum absolute atomic E-state index is 5.84. The summed E-state index contributed by atoms with van der Waals surface area (Å²) in [5, 5.41) is 0. The monoisotopic (exact) mass is 224 g/mol. The van der Waals surface area contributed by atoms with Crippen LogP contribution in [0.1, 0.15) is 46.5 Å². The van der Waals surface area contributed by atoms with E-state index in [2.05, 4.69) is 33.9 Å². The number of ether oxygens (including phenoxy) is 2. The van der Waals surface area contributed by atoms with Crippen molar-refractivity contribution in [2.75, 3.05) is 0 Å². The largest absolute Gasteiger partial charge is 0.499 e. The zero-order valence-electron chi connectivity index (χ0n) is 10.8. The molecule has 0 saturated heterocycles. The van der Waals surface area contributed by atoms with E-state index in [1.165, 1.54) is 0 Å². The van der Waals surface area contributed by atoms with Crippen LogP contribution in [0.3, 0.4) is 0 Å². The normalized spacial score (nSPS) is 30.6. The Kier molecular flexibility index (Phi) is 4.06. The van der Waals surface area contributed by atoms with Crippen molar-refractivity contribution in [1.29, 1.82) is 0 Å². The lowest BCUT2D eigenvalue weighted by atomic mass is 9.67. The average molecular weight is 224 g/mol. The van der Waals surface area contributed by atoms with Crippen LogP contribution in [0, 0.1) is 5.41 Å². The van der Waals surface area contributed by atoms with Gasteiger partial charge in [0.1, 0.15) is 5.60 Å². The van der Waals surface area contributed by atoms with Gasteiger partial charge in [0, 0.05) is 5.41 Å². The van der Waals surface area contributed by atoms with Gasteiger partial charge in [0.2, 0.25) is 0 Å². The van der Waals surface area contributed by atoms with E-state index in [1.54, 1.807) is 12.5 Å². The Bertz CT molecular complexity index is 242. The summed E-state index contributed by atoms with van der Waals surface area (Å²) in [6.07, 6.45) is 7.51. The van der Waals surface area contributed by atoms with Crippen LogP contribution in [0.2, 0.25) is 0 Å². The van der Waals surface area contributed by atoms with Gasteiger partial charge in [-0.3, -0.25) is 0 Å². The van der Waals surface area contributed by atoms with Gasteiger partial charge in [-0.05, 0) is 25.7 Å². The molecule has 1 saturated carbocycles. The predicted molar refractivity (Wildman–Crippen MR) is 67.0 cm³/mol. The van der Waals surface area contributed by atoms with E-state index in [1.807, 2.05) is 0 Å². The molecule has 0 unspecified atom stereocenters. The maximum Gasteiger partial charge on any atom is 0.113 e. The molecule has 16 heavy (non-hydrogen) atoms. The van der Waals surface area contributed by atoms with Crippen molar-refractivity contribution in [1.82, 2.24) is 0 Å². The van der Waals surface area contributed by atoms with Crippen molar-refractivity contribution >= 4 is 0 Å². The summed E-state index contributed by atoms with van der Waals surface area (Å²) in [4.78, 5) is 0. The highest BCUT2D eigenvalue weighted by molar-refractivity contribution is 4.97. The fourth-order valence-corrected chi connectivity index (χ4v) is 2.53. The topological polar surface area (TPSA) is 18.5 Å². The molecule has 0 aliphatic heterocycles. The van der Waals surface area contributed by atoms with Gasteiger partial charge in [0.15, 0.2) is 0 Å². The highest BCUT2D eigenvalue weighted by Gasteiger charge is 2.46. The van der Waals surface area contributed by atoms with Crippen molar-refractivity contribution in [3.8, 4) is 0 Å². The zero-order valence-corrected chi connectivity index (χ0v) is 10.8. The predicted octanol–water partition coefficient (Wildman–Crippen LogP) is 4.03. The third kappa shape index (κ3) is 2.60. The van der Waals surface area contributed by atoms with Crippen LogP contribution >= 0.6 is 0 Å². The SMILES string of the molecule is C=COC1CCC(OC=C)(C(C)(C)C)CC1. The lowest BCUT2D eigenvalue weighted by molar-refractivity contribution is -0.112. The molecule has 0 spiro atoms. The Morgan fingerprint density at radius 1 is 1.12 bits per heavy atom. The third-order valence-corrected chi connectivity index (χ3v) is 3.70. The molecule has 0 N–H and O–H groups in total. The summed E-state index contributed by atoms with van der Waals surface area (Å²) >= 11 is 0. The summed E-state index contributed by atoms with van der Waals surface area (Å²) < 4.78 is 11.3. The summed E-state index contributed by atoms with van der Waals surface area (Å²) in [6, 6.07) is 0. The second-order valence-corrected chi connectivity index (χ2v) is 5.53. The molecule has 0 aromatic heterocycles. The standard InChI is InChI=1S/C14H24O2/c1-6-15-12-8-10-14(11-9-12,16-7-2)13(3,4)5/h6-7,12H,1-2,8-11H2,3-5H3. The van der Waals surface area contributed by atoms with E-state index in [0.29, 0.717) is 6.10 Å². The molecule has 0 bridgehead atoms. The van der Waals surface area contributed by atoms with Crippen molar-refractivity contribution in [3.05, 3.63) is 25.7 Å². The molecule has 0 radical (unpaired) electrons. The van der Waals surface area contributed by atoms with E-state index in [0.717, 1.165) is 25.7 Å². The summed E-state index contributed by atoms with van der Waals surface area (Å²) in [6.45, 7) is 14.0. The molecule has 1 aliphatic rings. The molecule has 0 atom stereocenters. The van der Waals surface area contributed by atoms with Crippen LogP contribution in [-0.4, -0.2) is 11.7 Å². The minimum Gasteiger partial charge on any atom is -0.499 e. The maximum atomic E-state index is 5.84. The molecule has 92 valence electrons. The Morgan fingerprint density at radius 2 is 1.69 bits per heavy atom. The molecule has 1 fully saturated rings. The van der Waals surface area contributed by atoms with Gasteiger partial charge in [-0.1, -0.05) is 33.9 Å². The molecule has 0 aromatic rings. The Hall–Kier alpha value is -0.920. The van der Waals surface area contributed by atoms with Crippen LogP contribution in [-0.2, 0) is 9.47 Å². The van der Waals surface area contributed by atoms with Gasteiger partial charge in [0.25, 0.3) is 0 Å². The van der Waals surface area contributed by atoms with E-state index in [4.69, 9.17) is 9.47 Å². The van der Waals surface area contributed by atoms with Crippen LogP contribution in [0.5, 0.6) is 0 Å². The lowest BCUT2D eigenvalue weighted by Gasteiger charge is -2.47. The fourth-order valence-electron chi connectivity index (χ4n) is 2.53. The highest BCUT2D eigenvalue weighted by Crippen LogP contribution is 2.45. The minimum absolute atomic E-state index is 0.0875. The average Bonchev–Trinajstić information content (AvgIpc) is 2.20. The first-order valence-electron chi connectivity index (χ1n) is 6.00. The van der Waals surface area contributed by atoms with Crippen LogP contribution in [0.15, 0.2) is 25.7 Å². The quantitative estimate of drug-likeness (QED) is 0.671. The third-order valence-electron chi connectivity index (χ3n) is 3.70. The fraction of sp³-hybridized carbons (Fsp3) is 0.714. The summed E-state index contributed by atoms with van der Waals surface area (Å²) in [5.41, 5.74) is 0.0378. The smallest absolute Gasteiger partial charge is 0.113 e. The van der Waals surface area contributed by atoms with E-state index in [9.17, 15) is 0 Å². The lowest BCUT2D eigenvalue weighted by Crippen LogP contribution is -2.48. The van der Waals surface area contributed by atoms with E-state index in [-0.39, 0.29) is 11.0 Å². The van der Waals surface area contributed by atoms with Crippen molar-refractivity contribution in [3.63, 3.8) is 0 Å². The number of hydrogen-bond donors (Lipinski definition) is 0. The Morgan fingerprint density at radius 3 is 2.06 bits per heavy atom. The van der Waals surface area contributed by atoms with Crippen molar-refractivity contribution in [2.45, 2.75) is 58.2 Å². The second-order valence-electron chi connectivity index (χ2n) is 5.53. The van der Waals surface area contributed by atoms with Crippen LogP contribution in [0.4, 0.5) is 0 Å². The minimum atomic E-state index is -0.0875.